The lowest BCUT2D eigenvalue weighted by molar-refractivity contribution is -0.386. The minimum absolute atomic E-state index is 0.0606. The number of hydrogen-bond donors (Lipinski definition) is 0. The quantitative estimate of drug-likeness (QED) is 0.362. The molecule has 0 heterocycles. The van der Waals surface area contributed by atoms with Crippen LogP contribution in [0, 0.1) is 10.1 Å². The van der Waals surface area contributed by atoms with Gasteiger partial charge in [0.15, 0.2) is 6.29 Å². The van der Waals surface area contributed by atoms with E-state index in [-0.39, 0.29) is 22.4 Å². The first-order valence-electron chi connectivity index (χ1n) is 4.53. The highest BCUT2D eigenvalue weighted by Gasteiger charge is 2.26. The van der Waals surface area contributed by atoms with Gasteiger partial charge in [0.2, 0.25) is 0 Å². The molecule has 0 N–H and O–H groups in total. The van der Waals surface area contributed by atoms with E-state index < -0.39 is 19.7 Å². The Hall–Kier alpha value is -1.47. The van der Waals surface area contributed by atoms with Gasteiger partial charge in [0.25, 0.3) is 14.7 Å². The Labute approximate surface area is 102 Å². The molecule has 0 saturated carbocycles. The lowest BCUT2D eigenvalue weighted by Gasteiger charge is -2.06. The standard InChI is InChI=1S/C9H8ClNO5S/c1-2-7-8(17(10,15)16)4-3-6(5-12)9(7)11(13)14/h3-5H,2H2,1H3. The number of carbonyl (C=O) groups is 1. The summed E-state index contributed by atoms with van der Waals surface area (Å²) in [6, 6.07) is 2.16. The number of nitro benzene ring substituents is 1. The van der Waals surface area contributed by atoms with Gasteiger partial charge in [-0.3, -0.25) is 14.9 Å². The largest absolute Gasteiger partial charge is 0.298 e. The van der Waals surface area contributed by atoms with Crippen molar-refractivity contribution in [1.82, 2.24) is 0 Å². The average Bonchev–Trinajstić information content (AvgIpc) is 2.25. The molecule has 0 aliphatic heterocycles. The summed E-state index contributed by atoms with van der Waals surface area (Å²) in [5.74, 6) is 0. The molecule has 0 aromatic heterocycles. The number of halogens is 1. The van der Waals surface area contributed by atoms with Crippen LogP contribution in [0.1, 0.15) is 22.8 Å². The summed E-state index contributed by atoms with van der Waals surface area (Å²) in [5, 5.41) is 10.8. The first kappa shape index (κ1) is 13.6. The third kappa shape index (κ3) is 2.62. The molecule has 1 rings (SSSR count). The van der Waals surface area contributed by atoms with Crippen LogP contribution >= 0.6 is 10.7 Å². The minimum Gasteiger partial charge on any atom is -0.298 e. The highest BCUT2D eigenvalue weighted by molar-refractivity contribution is 8.13. The molecule has 0 amide bonds. The lowest BCUT2D eigenvalue weighted by Crippen LogP contribution is -2.05. The topological polar surface area (TPSA) is 94.3 Å². The number of nitrogens with zero attached hydrogens (tertiary/aromatic N) is 1. The van der Waals surface area contributed by atoms with Gasteiger partial charge in [0.05, 0.1) is 20.9 Å². The van der Waals surface area contributed by atoms with Crippen LogP contribution in [0.2, 0.25) is 0 Å². The smallest absolute Gasteiger partial charge is 0.284 e. The molecular weight excluding hydrogens is 270 g/mol. The van der Waals surface area contributed by atoms with Gasteiger partial charge in [0, 0.05) is 10.7 Å². The highest BCUT2D eigenvalue weighted by atomic mass is 35.7. The van der Waals surface area contributed by atoms with E-state index in [4.69, 9.17) is 10.7 Å². The Balaban J connectivity index is 3.76. The lowest BCUT2D eigenvalue weighted by atomic mass is 10.1. The zero-order valence-corrected chi connectivity index (χ0v) is 10.3. The number of carbonyl (C=O) groups excluding carboxylic acids is 1. The van der Waals surface area contributed by atoms with Gasteiger partial charge in [0.1, 0.15) is 0 Å². The van der Waals surface area contributed by atoms with E-state index in [1.807, 2.05) is 0 Å². The van der Waals surface area contributed by atoms with Crippen LogP contribution in [0.25, 0.3) is 0 Å². The molecule has 0 fully saturated rings. The number of hydrogen-bond acceptors (Lipinski definition) is 5. The Morgan fingerprint density at radius 3 is 2.41 bits per heavy atom. The SMILES string of the molecule is CCc1c(S(=O)(=O)Cl)ccc(C=O)c1[N+](=O)[O-]. The normalized spacial score (nSPS) is 11.2. The molecule has 0 bridgehead atoms. The van der Waals surface area contributed by atoms with E-state index in [2.05, 4.69) is 0 Å². The third-order valence-corrected chi connectivity index (χ3v) is 3.60. The summed E-state index contributed by atoms with van der Waals surface area (Å²) in [6.45, 7) is 1.54. The van der Waals surface area contributed by atoms with Crippen LogP contribution in [0.15, 0.2) is 17.0 Å². The van der Waals surface area contributed by atoms with Crippen LogP contribution in [-0.2, 0) is 15.5 Å². The molecule has 0 aliphatic carbocycles. The molecule has 8 heteroatoms. The van der Waals surface area contributed by atoms with Gasteiger partial charge in [-0.15, -0.1) is 0 Å². The predicted molar refractivity (Wildman–Crippen MR) is 60.9 cm³/mol. The first-order chi connectivity index (χ1) is 7.82. The van der Waals surface area contributed by atoms with E-state index in [0.717, 1.165) is 12.1 Å². The molecule has 17 heavy (non-hydrogen) atoms. The van der Waals surface area contributed by atoms with Crippen LogP contribution in [0.4, 0.5) is 5.69 Å². The number of nitro groups is 1. The van der Waals surface area contributed by atoms with Crippen molar-refractivity contribution in [3.05, 3.63) is 33.4 Å². The zero-order valence-electron chi connectivity index (χ0n) is 8.71. The molecule has 0 aliphatic rings. The van der Waals surface area contributed by atoms with Crippen LogP contribution in [0.3, 0.4) is 0 Å². The fraction of sp³-hybridized carbons (Fsp3) is 0.222. The fourth-order valence-corrected chi connectivity index (χ4v) is 2.72. The van der Waals surface area contributed by atoms with E-state index >= 15 is 0 Å². The van der Waals surface area contributed by atoms with Crippen LogP contribution in [-0.4, -0.2) is 19.6 Å². The molecule has 0 unspecified atom stereocenters. The Morgan fingerprint density at radius 1 is 1.47 bits per heavy atom. The molecule has 0 radical (unpaired) electrons. The fourth-order valence-electron chi connectivity index (χ4n) is 1.52. The molecule has 0 spiro atoms. The Morgan fingerprint density at radius 2 is 2.06 bits per heavy atom. The molecule has 0 saturated heterocycles. The van der Waals surface area contributed by atoms with E-state index in [1.54, 1.807) is 6.92 Å². The molecule has 92 valence electrons. The molecule has 0 atom stereocenters. The number of aldehydes is 1. The highest BCUT2D eigenvalue weighted by Crippen LogP contribution is 2.31. The van der Waals surface area contributed by atoms with Gasteiger partial charge in [-0.2, -0.15) is 0 Å². The minimum atomic E-state index is -4.07. The van der Waals surface area contributed by atoms with Crippen molar-refractivity contribution in [3.8, 4) is 0 Å². The second kappa shape index (κ2) is 4.80. The maximum Gasteiger partial charge on any atom is 0.284 e. The maximum atomic E-state index is 11.2. The van der Waals surface area contributed by atoms with Crippen molar-refractivity contribution in [2.75, 3.05) is 0 Å². The summed E-state index contributed by atoms with van der Waals surface area (Å²) >= 11 is 0. The van der Waals surface area contributed by atoms with E-state index in [0.29, 0.717) is 6.29 Å². The summed E-state index contributed by atoms with van der Waals surface area (Å²) in [4.78, 5) is 20.4. The van der Waals surface area contributed by atoms with Crippen molar-refractivity contribution in [3.63, 3.8) is 0 Å². The molecule has 1 aromatic rings. The van der Waals surface area contributed by atoms with Gasteiger partial charge >= 0.3 is 0 Å². The van der Waals surface area contributed by atoms with Crippen LogP contribution < -0.4 is 0 Å². The summed E-state index contributed by atoms with van der Waals surface area (Å²) in [5.41, 5.74) is -0.741. The van der Waals surface area contributed by atoms with E-state index in [1.165, 1.54) is 0 Å². The monoisotopic (exact) mass is 277 g/mol. The number of rotatable bonds is 4. The molecule has 6 nitrogen and oxygen atoms in total. The van der Waals surface area contributed by atoms with Crippen molar-refractivity contribution in [2.45, 2.75) is 18.2 Å². The summed E-state index contributed by atoms with van der Waals surface area (Å²) < 4.78 is 22.5. The van der Waals surface area contributed by atoms with E-state index in [9.17, 15) is 23.3 Å². The van der Waals surface area contributed by atoms with Crippen molar-refractivity contribution < 1.29 is 18.1 Å². The zero-order chi connectivity index (χ0) is 13.2. The summed E-state index contributed by atoms with van der Waals surface area (Å²) in [7, 11) is 1.10. The van der Waals surface area contributed by atoms with Gasteiger partial charge < -0.3 is 0 Å². The van der Waals surface area contributed by atoms with Gasteiger partial charge in [-0.1, -0.05) is 6.92 Å². The number of benzene rings is 1. The molecule has 1 aromatic carbocycles. The van der Waals surface area contributed by atoms with Crippen molar-refractivity contribution in [2.24, 2.45) is 0 Å². The second-order valence-corrected chi connectivity index (χ2v) is 5.68. The Bertz CT molecular complexity index is 581. The van der Waals surface area contributed by atoms with Gasteiger partial charge in [-0.05, 0) is 18.6 Å². The van der Waals surface area contributed by atoms with Crippen molar-refractivity contribution in [1.29, 1.82) is 0 Å². The van der Waals surface area contributed by atoms with Crippen molar-refractivity contribution >= 4 is 31.7 Å². The maximum absolute atomic E-state index is 11.2. The molecular formula is C9H8ClNO5S. The summed E-state index contributed by atoms with van der Waals surface area (Å²) in [6.07, 6.45) is 0.390. The second-order valence-electron chi connectivity index (χ2n) is 3.15. The van der Waals surface area contributed by atoms with Gasteiger partial charge in [-0.25, -0.2) is 8.42 Å². The average molecular weight is 278 g/mol. The Kier molecular flexibility index (Phi) is 3.84. The third-order valence-electron chi connectivity index (χ3n) is 2.20. The first-order valence-corrected chi connectivity index (χ1v) is 6.84. The van der Waals surface area contributed by atoms with Crippen LogP contribution in [0.5, 0.6) is 0 Å². The predicted octanol–water partition coefficient (Wildman–Crippen LogP) is 1.90.